The largest absolute Gasteiger partial charge is 0.378 e. The van der Waals surface area contributed by atoms with Crippen LogP contribution in [0.25, 0.3) is 0 Å². The first-order valence-corrected chi connectivity index (χ1v) is 7.33. The standard InChI is InChI=1S/C14H26N2O2.ClH/c1-11-5-4-7-16(13(11)10-15)14(17)9-12-6-2-3-8-18-12;/h11-13H,2-10,15H2,1H3;1H. The van der Waals surface area contributed by atoms with Gasteiger partial charge in [0.05, 0.1) is 12.5 Å². The van der Waals surface area contributed by atoms with Crippen molar-refractivity contribution in [1.82, 2.24) is 4.90 Å². The molecule has 0 saturated carbocycles. The van der Waals surface area contributed by atoms with Gasteiger partial charge in [-0.25, -0.2) is 0 Å². The van der Waals surface area contributed by atoms with Gasteiger partial charge < -0.3 is 15.4 Å². The van der Waals surface area contributed by atoms with Crippen molar-refractivity contribution < 1.29 is 9.53 Å². The van der Waals surface area contributed by atoms with Crippen molar-refractivity contribution >= 4 is 18.3 Å². The summed E-state index contributed by atoms with van der Waals surface area (Å²) in [5, 5.41) is 0. The molecule has 4 nitrogen and oxygen atoms in total. The van der Waals surface area contributed by atoms with Crippen LogP contribution >= 0.6 is 12.4 Å². The molecule has 2 heterocycles. The predicted octanol–water partition coefficient (Wildman–Crippen LogP) is 1.95. The van der Waals surface area contributed by atoms with Crippen LogP contribution in [0.2, 0.25) is 0 Å². The summed E-state index contributed by atoms with van der Waals surface area (Å²) >= 11 is 0. The van der Waals surface area contributed by atoms with Crippen molar-refractivity contribution in [3.63, 3.8) is 0 Å². The third-order valence-electron chi connectivity index (χ3n) is 4.35. The first-order chi connectivity index (χ1) is 8.72. The fourth-order valence-electron chi connectivity index (χ4n) is 3.20. The van der Waals surface area contributed by atoms with Crippen LogP contribution in [-0.4, -0.2) is 42.6 Å². The van der Waals surface area contributed by atoms with E-state index in [0.717, 1.165) is 32.4 Å². The molecule has 0 radical (unpaired) electrons. The second kappa shape index (κ2) is 8.08. The van der Waals surface area contributed by atoms with Crippen LogP contribution in [0.15, 0.2) is 0 Å². The number of ether oxygens (including phenoxy) is 1. The number of nitrogens with zero attached hydrogens (tertiary/aromatic N) is 1. The maximum atomic E-state index is 12.4. The van der Waals surface area contributed by atoms with Gasteiger partial charge in [-0.15, -0.1) is 12.4 Å². The average molecular weight is 291 g/mol. The fraction of sp³-hybridized carbons (Fsp3) is 0.929. The van der Waals surface area contributed by atoms with Crippen LogP contribution in [0, 0.1) is 5.92 Å². The maximum absolute atomic E-state index is 12.4. The number of hydrogen-bond donors (Lipinski definition) is 1. The highest BCUT2D eigenvalue weighted by molar-refractivity contribution is 5.85. The van der Waals surface area contributed by atoms with Crippen molar-refractivity contribution in [1.29, 1.82) is 0 Å². The van der Waals surface area contributed by atoms with E-state index in [1.165, 1.54) is 12.8 Å². The molecule has 0 aromatic heterocycles. The molecule has 3 atom stereocenters. The van der Waals surface area contributed by atoms with Gasteiger partial charge in [-0.2, -0.15) is 0 Å². The minimum Gasteiger partial charge on any atom is -0.378 e. The molecule has 0 bridgehead atoms. The smallest absolute Gasteiger partial charge is 0.225 e. The molecule has 2 rings (SSSR count). The van der Waals surface area contributed by atoms with E-state index in [4.69, 9.17) is 10.5 Å². The Morgan fingerprint density at radius 1 is 1.32 bits per heavy atom. The summed E-state index contributed by atoms with van der Waals surface area (Å²) in [6.45, 7) is 4.47. The minimum absolute atomic E-state index is 0. The molecular formula is C14H27ClN2O2. The van der Waals surface area contributed by atoms with Gasteiger partial charge in [0.1, 0.15) is 0 Å². The van der Waals surface area contributed by atoms with E-state index in [0.29, 0.717) is 18.9 Å². The normalized spacial score (nSPS) is 31.7. The van der Waals surface area contributed by atoms with Gasteiger partial charge >= 0.3 is 0 Å². The number of hydrogen-bond acceptors (Lipinski definition) is 3. The fourth-order valence-corrected chi connectivity index (χ4v) is 3.20. The van der Waals surface area contributed by atoms with E-state index in [1.807, 2.05) is 4.90 Å². The van der Waals surface area contributed by atoms with Crippen LogP contribution < -0.4 is 5.73 Å². The summed E-state index contributed by atoms with van der Waals surface area (Å²) in [5.74, 6) is 0.767. The molecule has 2 saturated heterocycles. The van der Waals surface area contributed by atoms with Gasteiger partial charge in [0, 0.05) is 25.7 Å². The molecule has 2 aliphatic rings. The Balaban J connectivity index is 0.00000180. The lowest BCUT2D eigenvalue weighted by molar-refractivity contribution is -0.140. The Labute approximate surface area is 122 Å². The second-order valence-electron chi connectivity index (χ2n) is 5.70. The highest BCUT2D eigenvalue weighted by Gasteiger charge is 2.32. The molecule has 5 heteroatoms. The Bertz CT molecular complexity index is 283. The lowest BCUT2D eigenvalue weighted by Crippen LogP contribution is -2.52. The molecule has 2 fully saturated rings. The lowest BCUT2D eigenvalue weighted by atomic mass is 9.90. The van der Waals surface area contributed by atoms with E-state index >= 15 is 0 Å². The average Bonchev–Trinajstić information content (AvgIpc) is 2.39. The Hall–Kier alpha value is -0.320. The van der Waals surface area contributed by atoms with E-state index in [1.54, 1.807) is 0 Å². The third-order valence-corrected chi connectivity index (χ3v) is 4.35. The molecule has 0 aliphatic carbocycles. The molecule has 112 valence electrons. The second-order valence-corrected chi connectivity index (χ2v) is 5.70. The van der Waals surface area contributed by atoms with Crippen molar-refractivity contribution in [2.45, 2.75) is 57.6 Å². The van der Waals surface area contributed by atoms with Crippen LogP contribution in [0.4, 0.5) is 0 Å². The molecule has 0 spiro atoms. The van der Waals surface area contributed by atoms with Crippen LogP contribution in [-0.2, 0) is 9.53 Å². The quantitative estimate of drug-likeness (QED) is 0.864. The summed E-state index contributed by atoms with van der Waals surface area (Å²) in [7, 11) is 0. The number of carbonyl (C=O) groups is 1. The summed E-state index contributed by atoms with van der Waals surface area (Å²) in [5.41, 5.74) is 5.83. The van der Waals surface area contributed by atoms with Gasteiger partial charge in [0.15, 0.2) is 0 Å². The number of likely N-dealkylation sites (tertiary alicyclic amines) is 1. The Morgan fingerprint density at radius 3 is 2.74 bits per heavy atom. The molecular weight excluding hydrogens is 264 g/mol. The monoisotopic (exact) mass is 290 g/mol. The lowest BCUT2D eigenvalue weighted by Gasteiger charge is -2.40. The molecule has 0 aromatic carbocycles. The van der Waals surface area contributed by atoms with Crippen LogP contribution in [0.1, 0.15) is 45.4 Å². The van der Waals surface area contributed by atoms with Crippen LogP contribution in [0.3, 0.4) is 0 Å². The maximum Gasteiger partial charge on any atom is 0.225 e. The van der Waals surface area contributed by atoms with E-state index < -0.39 is 0 Å². The molecule has 1 amide bonds. The summed E-state index contributed by atoms with van der Waals surface area (Å²) in [6.07, 6.45) is 6.33. The number of rotatable bonds is 3. The van der Waals surface area contributed by atoms with Crippen molar-refractivity contribution in [2.75, 3.05) is 19.7 Å². The number of halogens is 1. The molecule has 3 unspecified atom stereocenters. The number of amides is 1. The molecule has 2 aliphatic heterocycles. The number of nitrogens with two attached hydrogens (primary N) is 1. The highest BCUT2D eigenvalue weighted by Crippen LogP contribution is 2.25. The van der Waals surface area contributed by atoms with E-state index in [2.05, 4.69) is 6.92 Å². The van der Waals surface area contributed by atoms with E-state index in [9.17, 15) is 4.79 Å². The van der Waals surface area contributed by atoms with Gasteiger partial charge in [-0.1, -0.05) is 6.92 Å². The number of carbonyl (C=O) groups excluding carboxylic acids is 1. The first-order valence-electron chi connectivity index (χ1n) is 7.33. The van der Waals surface area contributed by atoms with Gasteiger partial charge in [0.25, 0.3) is 0 Å². The Morgan fingerprint density at radius 2 is 2.11 bits per heavy atom. The minimum atomic E-state index is 0. The van der Waals surface area contributed by atoms with Gasteiger partial charge in [0.2, 0.25) is 5.91 Å². The molecule has 0 aromatic rings. The summed E-state index contributed by atoms with van der Waals surface area (Å²) in [6, 6.07) is 0.231. The number of piperidine rings is 1. The summed E-state index contributed by atoms with van der Waals surface area (Å²) in [4.78, 5) is 14.4. The van der Waals surface area contributed by atoms with Crippen LogP contribution in [0.5, 0.6) is 0 Å². The third kappa shape index (κ3) is 4.33. The van der Waals surface area contributed by atoms with Gasteiger partial charge in [-0.3, -0.25) is 4.79 Å². The highest BCUT2D eigenvalue weighted by atomic mass is 35.5. The Kier molecular flexibility index (Phi) is 7.11. The van der Waals surface area contributed by atoms with Crippen molar-refractivity contribution in [3.05, 3.63) is 0 Å². The zero-order chi connectivity index (χ0) is 13.0. The zero-order valence-corrected chi connectivity index (χ0v) is 12.7. The summed E-state index contributed by atoms with van der Waals surface area (Å²) < 4.78 is 5.66. The molecule has 2 N–H and O–H groups in total. The molecule has 19 heavy (non-hydrogen) atoms. The van der Waals surface area contributed by atoms with E-state index in [-0.39, 0.29) is 30.5 Å². The topological polar surface area (TPSA) is 55.6 Å². The predicted molar refractivity (Wildman–Crippen MR) is 78.4 cm³/mol. The first kappa shape index (κ1) is 16.7. The van der Waals surface area contributed by atoms with Crippen molar-refractivity contribution in [3.8, 4) is 0 Å². The zero-order valence-electron chi connectivity index (χ0n) is 11.8. The van der Waals surface area contributed by atoms with Crippen molar-refractivity contribution in [2.24, 2.45) is 11.7 Å². The van der Waals surface area contributed by atoms with Gasteiger partial charge in [-0.05, 0) is 38.0 Å². The SMILES string of the molecule is CC1CCCN(C(=O)CC2CCCCO2)C1CN.Cl.